The number of anilines is 1. The number of fused-ring (bicyclic) bond motifs is 1. The van der Waals surface area contributed by atoms with Crippen LogP contribution in [0.15, 0.2) is 23.2 Å². The Hall–Kier alpha value is -1.32. The molecule has 0 radical (unpaired) electrons. The molecule has 24 heavy (non-hydrogen) atoms. The van der Waals surface area contributed by atoms with Gasteiger partial charge in [0.2, 0.25) is 5.92 Å². The molecule has 134 valence electrons. The highest BCUT2D eigenvalue weighted by atomic mass is 127. The second-order valence-electron chi connectivity index (χ2n) is 6.03. The predicted octanol–water partition coefficient (Wildman–Crippen LogP) is 3.63. The number of hydrogen-bond acceptors (Lipinski definition) is 3. The van der Waals surface area contributed by atoms with E-state index in [1.807, 2.05) is 12.1 Å². The summed E-state index contributed by atoms with van der Waals surface area (Å²) < 4.78 is 37.4. The molecule has 1 aliphatic carbocycles. The topological polar surface area (TPSA) is 68.9 Å². The summed E-state index contributed by atoms with van der Waals surface area (Å²) in [6.07, 6.45) is 1.18. The molecule has 3 N–H and O–H groups in total. The van der Waals surface area contributed by atoms with Crippen molar-refractivity contribution in [3.8, 4) is 11.5 Å². The number of benzene rings is 1. The fourth-order valence-corrected chi connectivity index (χ4v) is 2.85. The van der Waals surface area contributed by atoms with Gasteiger partial charge in [-0.25, -0.2) is 8.78 Å². The summed E-state index contributed by atoms with van der Waals surface area (Å²) in [5.41, 5.74) is 6.57. The maximum Gasteiger partial charge on any atom is 0.248 e. The first-order valence-electron chi connectivity index (χ1n) is 7.86. The number of guanidine groups is 1. The molecule has 0 aromatic heterocycles. The van der Waals surface area contributed by atoms with Crippen molar-refractivity contribution in [1.29, 1.82) is 0 Å². The Morgan fingerprint density at radius 1 is 1.29 bits per heavy atom. The normalized spacial score (nSPS) is 22.4. The second kappa shape index (κ2) is 8.17. The molecule has 1 aromatic carbocycles. The van der Waals surface area contributed by atoms with E-state index in [2.05, 4.69) is 10.3 Å². The number of nitrogens with zero attached hydrogens (tertiary/aromatic N) is 1. The Kier molecular flexibility index (Phi) is 6.47. The van der Waals surface area contributed by atoms with Crippen molar-refractivity contribution in [2.45, 2.75) is 31.6 Å². The van der Waals surface area contributed by atoms with E-state index in [0.717, 1.165) is 12.1 Å². The van der Waals surface area contributed by atoms with Crippen LogP contribution in [0.5, 0.6) is 11.5 Å². The lowest BCUT2D eigenvalue weighted by Gasteiger charge is -2.12. The number of alkyl halides is 2. The number of rotatable bonds is 3. The molecule has 0 amide bonds. The van der Waals surface area contributed by atoms with E-state index in [0.29, 0.717) is 37.7 Å². The van der Waals surface area contributed by atoms with E-state index < -0.39 is 5.92 Å². The molecule has 2 aliphatic rings. The van der Waals surface area contributed by atoms with Gasteiger partial charge in [-0.1, -0.05) is 0 Å². The highest BCUT2D eigenvalue weighted by Gasteiger charge is 2.39. The number of ether oxygens (including phenoxy) is 2. The summed E-state index contributed by atoms with van der Waals surface area (Å²) in [6.45, 7) is 1.56. The maximum absolute atomic E-state index is 13.1. The predicted molar refractivity (Wildman–Crippen MR) is 99.9 cm³/mol. The van der Waals surface area contributed by atoms with Crippen LogP contribution in [-0.4, -0.2) is 31.6 Å². The Balaban J connectivity index is 0.00000208. The number of nitrogens with one attached hydrogen (secondary N) is 1. The average Bonchev–Trinajstić information content (AvgIpc) is 2.71. The molecule has 0 saturated heterocycles. The van der Waals surface area contributed by atoms with E-state index in [1.165, 1.54) is 0 Å². The summed E-state index contributed by atoms with van der Waals surface area (Å²) >= 11 is 0. The first-order chi connectivity index (χ1) is 11.0. The molecule has 8 heteroatoms. The minimum atomic E-state index is -2.54. The molecule has 1 aliphatic heterocycles. The Bertz CT molecular complexity index is 599. The van der Waals surface area contributed by atoms with E-state index in [-0.39, 0.29) is 48.7 Å². The number of halogens is 3. The van der Waals surface area contributed by atoms with Crippen molar-refractivity contribution < 1.29 is 18.3 Å². The van der Waals surface area contributed by atoms with Gasteiger partial charge in [0.25, 0.3) is 0 Å². The lowest BCUT2D eigenvalue weighted by Crippen LogP contribution is -2.23. The van der Waals surface area contributed by atoms with Gasteiger partial charge in [0.05, 0.1) is 13.2 Å². The summed E-state index contributed by atoms with van der Waals surface area (Å²) in [7, 11) is 0. The van der Waals surface area contributed by atoms with E-state index in [1.54, 1.807) is 6.07 Å². The second-order valence-corrected chi connectivity index (χ2v) is 6.03. The van der Waals surface area contributed by atoms with Crippen LogP contribution in [0.3, 0.4) is 0 Å². The zero-order valence-corrected chi connectivity index (χ0v) is 15.6. The van der Waals surface area contributed by atoms with Crippen LogP contribution in [0, 0.1) is 5.92 Å². The standard InChI is InChI=1S/C16H21F2N3O2.HI/c17-16(18)5-4-11(9-16)10-20-15(19)21-12-2-3-13-14(8-12)23-7-1-6-22-13;/h2-3,8,11H,1,4-7,9-10H2,(H3,19,20,21);1H. The van der Waals surface area contributed by atoms with Crippen LogP contribution >= 0.6 is 24.0 Å². The summed E-state index contributed by atoms with van der Waals surface area (Å²) in [5.74, 6) is -1.06. The van der Waals surface area contributed by atoms with Gasteiger partial charge in [-0.3, -0.25) is 4.99 Å². The zero-order valence-electron chi connectivity index (χ0n) is 13.3. The highest BCUT2D eigenvalue weighted by molar-refractivity contribution is 14.0. The maximum atomic E-state index is 13.1. The summed E-state index contributed by atoms with van der Waals surface area (Å²) in [4.78, 5) is 4.18. The minimum Gasteiger partial charge on any atom is -0.490 e. The van der Waals surface area contributed by atoms with Gasteiger partial charge in [0.1, 0.15) is 0 Å². The Morgan fingerprint density at radius 2 is 2.04 bits per heavy atom. The third kappa shape index (κ3) is 5.09. The molecule has 1 fully saturated rings. The van der Waals surface area contributed by atoms with Gasteiger partial charge in [-0.15, -0.1) is 24.0 Å². The molecule has 1 aromatic rings. The number of aliphatic imine (C=N–C) groups is 1. The van der Waals surface area contributed by atoms with Crippen molar-refractivity contribution >= 4 is 35.6 Å². The Morgan fingerprint density at radius 3 is 2.75 bits per heavy atom. The molecule has 1 heterocycles. The van der Waals surface area contributed by atoms with Crippen LogP contribution in [0.1, 0.15) is 25.7 Å². The molecule has 1 unspecified atom stereocenters. The molecule has 0 bridgehead atoms. The van der Waals surface area contributed by atoms with Crippen molar-refractivity contribution in [1.82, 2.24) is 0 Å². The van der Waals surface area contributed by atoms with Crippen LogP contribution in [0.25, 0.3) is 0 Å². The molecule has 0 spiro atoms. The average molecular weight is 453 g/mol. The lowest BCUT2D eigenvalue weighted by molar-refractivity contribution is 0.00542. The summed E-state index contributed by atoms with van der Waals surface area (Å²) in [5, 5.41) is 2.96. The molecule has 3 rings (SSSR count). The first-order valence-corrected chi connectivity index (χ1v) is 7.86. The van der Waals surface area contributed by atoms with Crippen LogP contribution in [-0.2, 0) is 0 Å². The van der Waals surface area contributed by atoms with Gasteiger partial charge < -0.3 is 20.5 Å². The highest BCUT2D eigenvalue weighted by Crippen LogP contribution is 2.38. The fourth-order valence-electron chi connectivity index (χ4n) is 2.85. The molecular formula is C16H22F2IN3O2. The zero-order chi connectivity index (χ0) is 16.3. The van der Waals surface area contributed by atoms with Crippen molar-refractivity contribution in [2.24, 2.45) is 16.6 Å². The smallest absolute Gasteiger partial charge is 0.248 e. The summed E-state index contributed by atoms with van der Waals surface area (Å²) in [6, 6.07) is 5.43. The van der Waals surface area contributed by atoms with Crippen LogP contribution < -0.4 is 20.5 Å². The number of nitrogens with two attached hydrogens (primary N) is 1. The van der Waals surface area contributed by atoms with Crippen LogP contribution in [0.4, 0.5) is 14.5 Å². The van der Waals surface area contributed by atoms with Gasteiger partial charge in [0, 0.05) is 37.6 Å². The van der Waals surface area contributed by atoms with Gasteiger partial charge >= 0.3 is 0 Å². The first kappa shape index (κ1) is 19.0. The number of hydrogen-bond donors (Lipinski definition) is 2. The third-order valence-corrected chi connectivity index (χ3v) is 4.05. The van der Waals surface area contributed by atoms with E-state index >= 15 is 0 Å². The Labute approximate surface area is 157 Å². The van der Waals surface area contributed by atoms with E-state index in [4.69, 9.17) is 15.2 Å². The van der Waals surface area contributed by atoms with Gasteiger partial charge in [0.15, 0.2) is 17.5 Å². The SMILES string of the molecule is I.NC(=NCC1CCC(F)(F)C1)Nc1ccc2c(c1)OCCCO2. The molecule has 1 atom stereocenters. The van der Waals surface area contributed by atoms with E-state index in [9.17, 15) is 8.78 Å². The van der Waals surface area contributed by atoms with Crippen molar-refractivity contribution in [2.75, 3.05) is 25.1 Å². The van der Waals surface area contributed by atoms with Crippen molar-refractivity contribution in [3.05, 3.63) is 18.2 Å². The molecular weight excluding hydrogens is 431 g/mol. The largest absolute Gasteiger partial charge is 0.490 e. The molecule has 5 nitrogen and oxygen atoms in total. The monoisotopic (exact) mass is 453 g/mol. The molecule has 1 saturated carbocycles. The van der Waals surface area contributed by atoms with Crippen molar-refractivity contribution in [3.63, 3.8) is 0 Å². The van der Waals surface area contributed by atoms with Gasteiger partial charge in [-0.2, -0.15) is 0 Å². The fraction of sp³-hybridized carbons (Fsp3) is 0.562. The van der Waals surface area contributed by atoms with Crippen LogP contribution in [0.2, 0.25) is 0 Å². The van der Waals surface area contributed by atoms with Gasteiger partial charge in [-0.05, 0) is 24.5 Å². The lowest BCUT2D eigenvalue weighted by atomic mass is 10.1. The minimum absolute atomic E-state index is 0. The quantitative estimate of drug-likeness (QED) is 0.417. The third-order valence-electron chi connectivity index (χ3n) is 4.05.